The van der Waals surface area contributed by atoms with Crippen molar-refractivity contribution in [1.29, 1.82) is 0 Å². The van der Waals surface area contributed by atoms with E-state index >= 15 is 0 Å². The van der Waals surface area contributed by atoms with Crippen LogP contribution in [0.1, 0.15) is 17.5 Å². The molecule has 1 saturated heterocycles. The van der Waals surface area contributed by atoms with Crippen molar-refractivity contribution >= 4 is 12.2 Å². The highest BCUT2D eigenvalue weighted by atomic mass is 16.4. The number of carbonyl (C=O) groups excluding carboxylic acids is 1. The van der Waals surface area contributed by atoms with Crippen molar-refractivity contribution in [1.82, 2.24) is 0 Å². The molecule has 2 heterocycles. The van der Waals surface area contributed by atoms with E-state index in [9.17, 15) is 9.90 Å². The van der Waals surface area contributed by atoms with Gasteiger partial charge in [-0.3, -0.25) is 4.79 Å². The zero-order valence-electron chi connectivity index (χ0n) is 8.01. The quantitative estimate of drug-likeness (QED) is 0.728. The van der Waals surface area contributed by atoms with Crippen LogP contribution in [0, 0.1) is 5.92 Å². The fourth-order valence-corrected chi connectivity index (χ4v) is 1.57. The summed E-state index contributed by atoms with van der Waals surface area (Å²) >= 11 is 0. The molecule has 0 amide bonds. The lowest BCUT2D eigenvalue weighted by atomic mass is 9.95. The third-order valence-electron chi connectivity index (χ3n) is 2.63. The molecule has 1 aliphatic rings. The fraction of sp³-hybridized carbons (Fsp3) is 0.500. The van der Waals surface area contributed by atoms with E-state index in [1.54, 1.807) is 19.1 Å². The maximum absolute atomic E-state index is 10.4. The van der Waals surface area contributed by atoms with Gasteiger partial charge in [0.2, 0.25) is 0 Å². The molecule has 0 bridgehead atoms. The number of hydrogen-bond acceptors (Lipinski definition) is 4. The van der Waals surface area contributed by atoms with E-state index in [2.05, 4.69) is 0 Å². The number of aldehydes is 1. The van der Waals surface area contributed by atoms with Crippen LogP contribution in [0.25, 0.3) is 0 Å². The largest absolute Gasteiger partial charge is 0.438 e. The molecule has 76 valence electrons. The molecule has 0 aromatic carbocycles. The molecule has 2 rings (SSSR count). The first kappa shape index (κ1) is 9.27. The van der Waals surface area contributed by atoms with Crippen LogP contribution in [-0.4, -0.2) is 30.6 Å². The number of anilines is 1. The molecule has 4 nitrogen and oxygen atoms in total. The Morgan fingerprint density at radius 2 is 2.36 bits per heavy atom. The Balaban J connectivity index is 1.96. The van der Waals surface area contributed by atoms with Gasteiger partial charge in [0.1, 0.15) is 0 Å². The number of carbonyl (C=O) groups is 1. The molecule has 0 aliphatic carbocycles. The number of hydrogen-bond donors (Lipinski definition) is 1. The summed E-state index contributed by atoms with van der Waals surface area (Å²) in [5.74, 6) is 1.38. The van der Waals surface area contributed by atoms with E-state index in [1.807, 2.05) is 4.90 Å². The van der Waals surface area contributed by atoms with Gasteiger partial charge in [0, 0.05) is 25.1 Å². The van der Waals surface area contributed by atoms with Crippen LogP contribution < -0.4 is 4.90 Å². The Morgan fingerprint density at radius 3 is 2.86 bits per heavy atom. The third kappa shape index (κ3) is 1.53. The van der Waals surface area contributed by atoms with Crippen molar-refractivity contribution in [2.24, 2.45) is 5.92 Å². The first-order valence-corrected chi connectivity index (χ1v) is 4.68. The number of furan rings is 1. The average Bonchev–Trinajstić information content (AvgIpc) is 2.49. The second kappa shape index (κ2) is 3.46. The molecule has 0 spiro atoms. The van der Waals surface area contributed by atoms with Crippen LogP contribution in [0.2, 0.25) is 0 Å². The van der Waals surface area contributed by atoms with E-state index in [0.29, 0.717) is 23.8 Å². The lowest BCUT2D eigenvalue weighted by Crippen LogP contribution is -2.51. The minimum Gasteiger partial charge on any atom is -0.438 e. The Hall–Kier alpha value is -1.29. The minimum absolute atomic E-state index is 0.272. The van der Waals surface area contributed by atoms with Crippen molar-refractivity contribution in [3.8, 4) is 0 Å². The molecule has 0 saturated carbocycles. The van der Waals surface area contributed by atoms with Gasteiger partial charge in [-0.05, 0) is 13.0 Å². The Bertz CT molecular complexity index is 326. The van der Waals surface area contributed by atoms with Gasteiger partial charge in [-0.25, -0.2) is 0 Å². The summed E-state index contributed by atoms with van der Waals surface area (Å²) < 4.78 is 5.24. The zero-order valence-corrected chi connectivity index (χ0v) is 8.01. The standard InChI is InChI=1S/C10H13NO3/c1-7(13)8-4-11(5-8)10-3-2-9(6-12)14-10/h2-3,6-8,13H,4-5H2,1H3/t7-/m1/s1. The van der Waals surface area contributed by atoms with Crippen molar-refractivity contribution < 1.29 is 14.3 Å². The highest BCUT2D eigenvalue weighted by Crippen LogP contribution is 2.27. The maximum atomic E-state index is 10.4. The summed E-state index contributed by atoms with van der Waals surface area (Å²) in [5, 5.41) is 9.27. The summed E-state index contributed by atoms with van der Waals surface area (Å²) in [4.78, 5) is 12.4. The van der Waals surface area contributed by atoms with E-state index in [0.717, 1.165) is 13.1 Å². The molecule has 4 heteroatoms. The van der Waals surface area contributed by atoms with Crippen molar-refractivity contribution in [2.75, 3.05) is 18.0 Å². The van der Waals surface area contributed by atoms with E-state index < -0.39 is 0 Å². The fourth-order valence-electron chi connectivity index (χ4n) is 1.57. The van der Waals surface area contributed by atoms with Gasteiger partial charge >= 0.3 is 0 Å². The van der Waals surface area contributed by atoms with E-state index in [-0.39, 0.29) is 6.10 Å². The number of aliphatic hydroxyl groups is 1. The molecule has 0 unspecified atom stereocenters. The van der Waals surface area contributed by atoms with Crippen LogP contribution in [-0.2, 0) is 0 Å². The van der Waals surface area contributed by atoms with Crippen LogP contribution >= 0.6 is 0 Å². The Labute approximate surface area is 82.1 Å². The molecule has 1 aliphatic heterocycles. The lowest BCUT2D eigenvalue weighted by molar-refractivity contribution is 0.104. The molecule has 1 aromatic rings. The van der Waals surface area contributed by atoms with Gasteiger partial charge in [-0.2, -0.15) is 0 Å². The van der Waals surface area contributed by atoms with Gasteiger partial charge in [-0.15, -0.1) is 0 Å². The highest BCUT2D eigenvalue weighted by Gasteiger charge is 2.31. The maximum Gasteiger partial charge on any atom is 0.196 e. The molecular weight excluding hydrogens is 182 g/mol. The first-order valence-electron chi connectivity index (χ1n) is 4.68. The molecule has 14 heavy (non-hydrogen) atoms. The smallest absolute Gasteiger partial charge is 0.196 e. The normalized spacial score (nSPS) is 19.1. The second-order valence-electron chi connectivity index (χ2n) is 3.70. The first-order chi connectivity index (χ1) is 6.70. The Morgan fingerprint density at radius 1 is 1.64 bits per heavy atom. The summed E-state index contributed by atoms with van der Waals surface area (Å²) in [6.07, 6.45) is 0.418. The molecule has 0 radical (unpaired) electrons. The van der Waals surface area contributed by atoms with Crippen molar-refractivity contribution in [3.05, 3.63) is 17.9 Å². The van der Waals surface area contributed by atoms with Crippen molar-refractivity contribution in [2.45, 2.75) is 13.0 Å². The minimum atomic E-state index is -0.272. The average molecular weight is 195 g/mol. The van der Waals surface area contributed by atoms with Crippen LogP contribution in [0.15, 0.2) is 16.5 Å². The number of rotatable bonds is 3. The van der Waals surface area contributed by atoms with Gasteiger partial charge < -0.3 is 14.4 Å². The predicted octanol–water partition coefficient (Wildman–Crippen LogP) is 0.909. The molecule has 1 aromatic heterocycles. The van der Waals surface area contributed by atoms with Gasteiger partial charge in [-0.1, -0.05) is 0 Å². The topological polar surface area (TPSA) is 53.7 Å². The summed E-state index contributed by atoms with van der Waals surface area (Å²) in [5.41, 5.74) is 0. The van der Waals surface area contributed by atoms with Crippen LogP contribution in [0.3, 0.4) is 0 Å². The van der Waals surface area contributed by atoms with Gasteiger partial charge in [0.25, 0.3) is 0 Å². The molecular formula is C10H13NO3. The van der Waals surface area contributed by atoms with Crippen molar-refractivity contribution in [3.63, 3.8) is 0 Å². The van der Waals surface area contributed by atoms with E-state index in [1.165, 1.54) is 0 Å². The summed E-state index contributed by atoms with van der Waals surface area (Å²) in [7, 11) is 0. The van der Waals surface area contributed by atoms with Gasteiger partial charge in [0.15, 0.2) is 17.9 Å². The molecule has 1 atom stereocenters. The number of aliphatic hydroxyl groups excluding tert-OH is 1. The second-order valence-corrected chi connectivity index (χ2v) is 3.70. The SMILES string of the molecule is C[C@@H](O)C1CN(c2ccc(C=O)o2)C1. The van der Waals surface area contributed by atoms with Crippen LogP contribution in [0.5, 0.6) is 0 Å². The Kier molecular flexibility index (Phi) is 2.29. The van der Waals surface area contributed by atoms with Crippen LogP contribution in [0.4, 0.5) is 5.88 Å². The zero-order chi connectivity index (χ0) is 10.1. The molecule has 1 fully saturated rings. The lowest BCUT2D eigenvalue weighted by Gasteiger charge is -2.40. The predicted molar refractivity (Wildman–Crippen MR) is 51.5 cm³/mol. The molecule has 1 N–H and O–H groups in total. The van der Waals surface area contributed by atoms with E-state index in [4.69, 9.17) is 4.42 Å². The highest BCUT2D eigenvalue weighted by molar-refractivity contribution is 5.71. The summed E-state index contributed by atoms with van der Waals surface area (Å²) in [6.45, 7) is 3.38. The monoisotopic (exact) mass is 195 g/mol. The third-order valence-corrected chi connectivity index (χ3v) is 2.63. The van der Waals surface area contributed by atoms with Gasteiger partial charge in [0.05, 0.1) is 6.10 Å². The number of nitrogens with zero attached hydrogens (tertiary/aromatic N) is 1. The summed E-state index contributed by atoms with van der Waals surface area (Å²) in [6, 6.07) is 3.43.